The van der Waals surface area contributed by atoms with Crippen molar-refractivity contribution in [1.29, 1.82) is 0 Å². The summed E-state index contributed by atoms with van der Waals surface area (Å²) >= 11 is 0. The zero-order valence-electron chi connectivity index (χ0n) is 13.4. The van der Waals surface area contributed by atoms with E-state index in [9.17, 15) is 9.90 Å². The van der Waals surface area contributed by atoms with Gasteiger partial charge in [0.2, 0.25) is 0 Å². The molecule has 3 heteroatoms. The number of carboxylic acid groups (broad SMARTS) is 1. The molecule has 116 valence electrons. The fourth-order valence-electron chi connectivity index (χ4n) is 2.81. The van der Waals surface area contributed by atoms with E-state index in [2.05, 4.69) is 38.2 Å². The molecule has 0 fully saturated rings. The maximum atomic E-state index is 11.5. The van der Waals surface area contributed by atoms with E-state index >= 15 is 0 Å². The molecule has 0 aliphatic rings. The van der Waals surface area contributed by atoms with E-state index < -0.39 is 12.0 Å². The highest BCUT2D eigenvalue weighted by Crippen LogP contribution is 2.16. The molecule has 0 aliphatic carbocycles. The minimum absolute atomic E-state index is 0.486. The molecule has 2 rings (SSSR count). The zero-order chi connectivity index (χ0) is 16.1. The Labute approximate surface area is 132 Å². The Kier molecular flexibility index (Phi) is 5.34. The van der Waals surface area contributed by atoms with Crippen LogP contribution >= 0.6 is 0 Å². The first-order valence-corrected chi connectivity index (χ1v) is 7.54. The predicted molar refractivity (Wildman–Crippen MR) is 89.1 cm³/mol. The molecular formula is C19H23NO2. The summed E-state index contributed by atoms with van der Waals surface area (Å²) in [6.07, 6.45) is 0.486. The van der Waals surface area contributed by atoms with Gasteiger partial charge in [0.15, 0.2) is 0 Å². The van der Waals surface area contributed by atoms with Crippen molar-refractivity contribution < 1.29 is 9.90 Å². The fourth-order valence-corrected chi connectivity index (χ4v) is 2.81. The fraction of sp³-hybridized carbons (Fsp3) is 0.316. The summed E-state index contributed by atoms with van der Waals surface area (Å²) in [7, 11) is 0. The van der Waals surface area contributed by atoms with Gasteiger partial charge in [-0.25, -0.2) is 0 Å². The Balaban J connectivity index is 2.08. The van der Waals surface area contributed by atoms with Crippen LogP contribution in [0.2, 0.25) is 0 Å². The van der Waals surface area contributed by atoms with Crippen LogP contribution in [0.4, 0.5) is 0 Å². The first-order chi connectivity index (χ1) is 10.5. The van der Waals surface area contributed by atoms with Crippen LogP contribution in [0.25, 0.3) is 0 Å². The van der Waals surface area contributed by atoms with Gasteiger partial charge in [0.1, 0.15) is 6.04 Å². The number of nitrogens with one attached hydrogen (secondary N) is 1. The van der Waals surface area contributed by atoms with Crippen LogP contribution in [0.3, 0.4) is 0 Å². The van der Waals surface area contributed by atoms with Crippen molar-refractivity contribution in [2.45, 2.75) is 39.8 Å². The molecule has 0 saturated heterocycles. The van der Waals surface area contributed by atoms with Gasteiger partial charge in [-0.05, 0) is 49.4 Å². The minimum atomic E-state index is -0.814. The van der Waals surface area contributed by atoms with Gasteiger partial charge >= 0.3 is 5.97 Å². The summed E-state index contributed by atoms with van der Waals surface area (Å²) in [5.74, 6) is -0.814. The number of hydrogen-bond donors (Lipinski definition) is 2. The first kappa shape index (κ1) is 16.2. The number of carboxylic acids is 1. The maximum absolute atomic E-state index is 11.5. The molecule has 22 heavy (non-hydrogen) atoms. The van der Waals surface area contributed by atoms with Crippen LogP contribution in [-0.2, 0) is 17.8 Å². The van der Waals surface area contributed by atoms with E-state index in [0.29, 0.717) is 13.0 Å². The highest BCUT2D eigenvalue weighted by Gasteiger charge is 2.18. The smallest absolute Gasteiger partial charge is 0.321 e. The van der Waals surface area contributed by atoms with E-state index in [1.54, 1.807) is 0 Å². The third-order valence-corrected chi connectivity index (χ3v) is 3.95. The number of carbonyl (C=O) groups is 1. The van der Waals surface area contributed by atoms with Gasteiger partial charge in [-0.3, -0.25) is 10.1 Å². The quantitative estimate of drug-likeness (QED) is 0.859. The van der Waals surface area contributed by atoms with Crippen molar-refractivity contribution in [3.05, 3.63) is 70.3 Å². The Morgan fingerprint density at radius 3 is 2.23 bits per heavy atom. The molecular weight excluding hydrogens is 274 g/mol. The SMILES string of the molecule is Cc1cc(C)c(CN[C@@H](Cc2ccccc2)C(=O)O)c(C)c1. The normalized spacial score (nSPS) is 12.1. The van der Waals surface area contributed by atoms with E-state index in [1.807, 2.05) is 30.3 Å². The van der Waals surface area contributed by atoms with Crippen LogP contribution < -0.4 is 5.32 Å². The number of aliphatic carboxylic acids is 1. The molecule has 0 heterocycles. The van der Waals surface area contributed by atoms with Gasteiger partial charge in [-0.2, -0.15) is 0 Å². The molecule has 0 saturated carbocycles. The van der Waals surface area contributed by atoms with Gasteiger partial charge in [-0.1, -0.05) is 48.0 Å². The number of rotatable bonds is 6. The highest BCUT2D eigenvalue weighted by molar-refractivity contribution is 5.73. The molecule has 0 unspecified atom stereocenters. The van der Waals surface area contributed by atoms with Crippen LogP contribution in [0.1, 0.15) is 27.8 Å². The molecule has 2 N–H and O–H groups in total. The van der Waals surface area contributed by atoms with Gasteiger partial charge in [0.25, 0.3) is 0 Å². The lowest BCUT2D eigenvalue weighted by molar-refractivity contribution is -0.139. The summed E-state index contributed by atoms with van der Waals surface area (Å²) in [6.45, 7) is 6.79. The van der Waals surface area contributed by atoms with Crippen molar-refractivity contribution in [2.24, 2.45) is 0 Å². The standard InChI is InChI=1S/C19H23NO2/c1-13-9-14(2)17(15(3)10-13)12-20-18(19(21)22)11-16-7-5-4-6-8-16/h4-10,18,20H,11-12H2,1-3H3,(H,21,22)/t18-/m0/s1. The average molecular weight is 297 g/mol. The summed E-state index contributed by atoms with van der Waals surface area (Å²) in [5, 5.41) is 12.6. The summed E-state index contributed by atoms with van der Waals surface area (Å²) in [4.78, 5) is 11.5. The monoisotopic (exact) mass is 297 g/mol. The van der Waals surface area contributed by atoms with Crippen molar-refractivity contribution >= 4 is 5.97 Å². The van der Waals surface area contributed by atoms with Gasteiger partial charge < -0.3 is 5.11 Å². The summed E-state index contributed by atoms with van der Waals surface area (Å²) in [6, 6.07) is 13.4. The second-order valence-corrected chi connectivity index (χ2v) is 5.84. The van der Waals surface area contributed by atoms with E-state index in [0.717, 1.165) is 5.56 Å². The summed E-state index contributed by atoms with van der Waals surface area (Å²) < 4.78 is 0. The highest BCUT2D eigenvalue weighted by atomic mass is 16.4. The Bertz CT molecular complexity index is 627. The van der Waals surface area contributed by atoms with Gasteiger partial charge in [0, 0.05) is 6.54 Å². The molecule has 0 amide bonds. The van der Waals surface area contributed by atoms with Crippen molar-refractivity contribution in [2.75, 3.05) is 0 Å². The number of aryl methyl sites for hydroxylation is 3. The van der Waals surface area contributed by atoms with Crippen LogP contribution in [0.15, 0.2) is 42.5 Å². The molecule has 1 atom stereocenters. The lowest BCUT2D eigenvalue weighted by Crippen LogP contribution is -2.38. The molecule has 0 spiro atoms. The number of benzene rings is 2. The van der Waals surface area contributed by atoms with Crippen LogP contribution in [0, 0.1) is 20.8 Å². The predicted octanol–water partition coefficient (Wildman–Crippen LogP) is 3.40. The van der Waals surface area contributed by atoms with E-state index in [-0.39, 0.29) is 0 Å². The molecule has 0 aromatic heterocycles. The molecule has 2 aromatic rings. The largest absolute Gasteiger partial charge is 0.480 e. The van der Waals surface area contributed by atoms with Crippen molar-refractivity contribution in [3.63, 3.8) is 0 Å². The van der Waals surface area contributed by atoms with Crippen LogP contribution in [0.5, 0.6) is 0 Å². The molecule has 0 aliphatic heterocycles. The molecule has 2 aromatic carbocycles. The second-order valence-electron chi connectivity index (χ2n) is 5.84. The topological polar surface area (TPSA) is 49.3 Å². The Morgan fingerprint density at radius 2 is 1.68 bits per heavy atom. The summed E-state index contributed by atoms with van der Waals surface area (Å²) in [5.41, 5.74) is 5.85. The lowest BCUT2D eigenvalue weighted by atomic mass is 9.99. The van der Waals surface area contributed by atoms with Gasteiger partial charge in [-0.15, -0.1) is 0 Å². The molecule has 0 radical (unpaired) electrons. The Hall–Kier alpha value is -2.13. The maximum Gasteiger partial charge on any atom is 0.321 e. The van der Waals surface area contributed by atoms with Crippen molar-refractivity contribution in [1.82, 2.24) is 5.32 Å². The van der Waals surface area contributed by atoms with E-state index in [1.165, 1.54) is 22.3 Å². The molecule has 3 nitrogen and oxygen atoms in total. The average Bonchev–Trinajstić information content (AvgIpc) is 2.45. The molecule has 0 bridgehead atoms. The zero-order valence-corrected chi connectivity index (χ0v) is 13.4. The van der Waals surface area contributed by atoms with Gasteiger partial charge in [0.05, 0.1) is 0 Å². The third-order valence-electron chi connectivity index (χ3n) is 3.95. The van der Waals surface area contributed by atoms with Crippen LogP contribution in [-0.4, -0.2) is 17.1 Å². The third kappa shape index (κ3) is 4.18. The second kappa shape index (κ2) is 7.23. The Morgan fingerprint density at radius 1 is 1.09 bits per heavy atom. The lowest BCUT2D eigenvalue weighted by Gasteiger charge is -2.17. The van der Waals surface area contributed by atoms with Crippen molar-refractivity contribution in [3.8, 4) is 0 Å². The van der Waals surface area contributed by atoms with E-state index in [4.69, 9.17) is 0 Å². The first-order valence-electron chi connectivity index (χ1n) is 7.54. The number of hydrogen-bond acceptors (Lipinski definition) is 2. The minimum Gasteiger partial charge on any atom is -0.480 e.